The molecule has 2 rings (SSSR count). The van der Waals surface area contributed by atoms with E-state index >= 15 is 0 Å². The number of likely N-dealkylation sites (tertiary alicyclic amines) is 1. The molecular weight excluding hydrogens is 198 g/mol. The van der Waals surface area contributed by atoms with Crippen LogP contribution in [0, 0.1) is 0 Å². The molecule has 4 heteroatoms. The molecule has 2 nitrogen and oxygen atoms in total. The quantitative estimate of drug-likeness (QED) is 0.722. The summed E-state index contributed by atoms with van der Waals surface area (Å²) in [6.07, 6.45) is 2.30. The molecule has 2 heterocycles. The van der Waals surface area contributed by atoms with E-state index in [1.165, 1.54) is 0 Å². The number of hydrogen-bond donors (Lipinski definition) is 1. The van der Waals surface area contributed by atoms with Crippen LogP contribution in [0.2, 0.25) is 0 Å². The van der Waals surface area contributed by atoms with Crippen molar-refractivity contribution in [1.29, 1.82) is 0 Å². The minimum Gasteiger partial charge on any atom is -0.314 e. The molecule has 0 aromatic rings. The molecule has 0 aromatic carbocycles. The van der Waals surface area contributed by atoms with E-state index in [1.807, 2.05) is 0 Å². The number of piperidine rings is 2. The molecule has 0 amide bonds. The number of nitrogens with zero attached hydrogens (tertiary/aromatic N) is 1. The fraction of sp³-hybridized carbons (Fsp3) is 1.00. The van der Waals surface area contributed by atoms with E-state index in [1.54, 1.807) is 0 Å². The molecule has 2 aliphatic heterocycles. The van der Waals surface area contributed by atoms with Crippen LogP contribution >= 0.6 is 0 Å². The first-order valence-corrected chi connectivity index (χ1v) is 5.92. The summed E-state index contributed by atoms with van der Waals surface area (Å²) in [5.74, 6) is -2.41. The van der Waals surface area contributed by atoms with Gasteiger partial charge in [0.15, 0.2) is 0 Å². The van der Waals surface area contributed by atoms with Crippen LogP contribution in [0.4, 0.5) is 8.78 Å². The van der Waals surface area contributed by atoms with E-state index in [-0.39, 0.29) is 12.8 Å². The predicted molar refractivity (Wildman–Crippen MR) is 56.2 cm³/mol. The second-order valence-electron chi connectivity index (χ2n) is 4.93. The first-order chi connectivity index (χ1) is 7.07. The summed E-state index contributed by atoms with van der Waals surface area (Å²) >= 11 is 0. The smallest absolute Gasteiger partial charge is 0.250 e. The van der Waals surface area contributed by atoms with Gasteiger partial charge < -0.3 is 5.32 Å². The van der Waals surface area contributed by atoms with Gasteiger partial charge in [-0.05, 0) is 26.3 Å². The van der Waals surface area contributed by atoms with Crippen molar-refractivity contribution in [2.24, 2.45) is 0 Å². The lowest BCUT2D eigenvalue weighted by atomic mass is 9.96. The average Bonchev–Trinajstić information content (AvgIpc) is 2.17. The minimum absolute atomic E-state index is 0.0469. The van der Waals surface area contributed by atoms with E-state index in [9.17, 15) is 8.78 Å². The molecule has 0 aliphatic carbocycles. The lowest BCUT2D eigenvalue weighted by Gasteiger charge is -2.40. The van der Waals surface area contributed by atoms with Crippen molar-refractivity contribution in [3.05, 3.63) is 0 Å². The first kappa shape index (κ1) is 11.3. The van der Waals surface area contributed by atoms with Crippen molar-refractivity contribution in [3.8, 4) is 0 Å². The Bertz CT molecular complexity index is 211. The number of rotatable bonds is 1. The van der Waals surface area contributed by atoms with Gasteiger partial charge in [0, 0.05) is 38.0 Å². The fourth-order valence-electron chi connectivity index (χ4n) is 2.65. The molecule has 15 heavy (non-hydrogen) atoms. The van der Waals surface area contributed by atoms with E-state index in [0.717, 1.165) is 19.4 Å². The van der Waals surface area contributed by atoms with Crippen molar-refractivity contribution in [2.45, 2.75) is 50.6 Å². The third-order valence-electron chi connectivity index (χ3n) is 3.64. The Balaban J connectivity index is 1.84. The van der Waals surface area contributed by atoms with Crippen LogP contribution in [0.5, 0.6) is 0 Å². The zero-order chi connectivity index (χ0) is 10.9. The molecular formula is C11H20F2N2. The number of alkyl halides is 2. The maximum absolute atomic E-state index is 13.0. The van der Waals surface area contributed by atoms with Crippen LogP contribution < -0.4 is 5.32 Å². The van der Waals surface area contributed by atoms with Crippen LogP contribution in [0.1, 0.15) is 32.6 Å². The Morgan fingerprint density at radius 2 is 1.93 bits per heavy atom. The van der Waals surface area contributed by atoms with Crippen LogP contribution in [-0.2, 0) is 0 Å². The van der Waals surface area contributed by atoms with Crippen LogP contribution in [0.25, 0.3) is 0 Å². The van der Waals surface area contributed by atoms with Gasteiger partial charge in [-0.25, -0.2) is 8.78 Å². The molecule has 2 aliphatic rings. The number of hydrogen-bond acceptors (Lipinski definition) is 2. The Labute approximate surface area is 90.0 Å². The average molecular weight is 218 g/mol. The molecule has 0 radical (unpaired) electrons. The van der Waals surface area contributed by atoms with E-state index in [4.69, 9.17) is 0 Å². The topological polar surface area (TPSA) is 15.3 Å². The highest BCUT2D eigenvalue weighted by atomic mass is 19.3. The van der Waals surface area contributed by atoms with Gasteiger partial charge >= 0.3 is 0 Å². The predicted octanol–water partition coefficient (Wildman–Crippen LogP) is 1.86. The number of halogens is 2. The van der Waals surface area contributed by atoms with E-state index < -0.39 is 5.92 Å². The molecule has 0 spiro atoms. The monoisotopic (exact) mass is 218 g/mol. The van der Waals surface area contributed by atoms with Crippen LogP contribution in [0.15, 0.2) is 0 Å². The van der Waals surface area contributed by atoms with Gasteiger partial charge in [-0.1, -0.05) is 0 Å². The van der Waals surface area contributed by atoms with Crippen molar-refractivity contribution in [1.82, 2.24) is 10.2 Å². The Morgan fingerprint density at radius 3 is 2.53 bits per heavy atom. The normalized spacial score (nSPS) is 37.8. The summed E-state index contributed by atoms with van der Waals surface area (Å²) in [5, 5.41) is 3.39. The lowest BCUT2D eigenvalue weighted by molar-refractivity contribution is -0.0659. The Morgan fingerprint density at radius 1 is 1.27 bits per heavy atom. The van der Waals surface area contributed by atoms with Gasteiger partial charge in [-0.15, -0.1) is 0 Å². The van der Waals surface area contributed by atoms with Gasteiger partial charge in [0.2, 0.25) is 0 Å². The summed E-state index contributed by atoms with van der Waals surface area (Å²) < 4.78 is 26.0. The molecule has 0 aromatic heterocycles. The van der Waals surface area contributed by atoms with Gasteiger partial charge in [0.25, 0.3) is 5.92 Å². The van der Waals surface area contributed by atoms with Crippen molar-refractivity contribution in [3.63, 3.8) is 0 Å². The highest BCUT2D eigenvalue weighted by Crippen LogP contribution is 2.30. The largest absolute Gasteiger partial charge is 0.314 e. The zero-order valence-electron chi connectivity index (χ0n) is 9.31. The second-order valence-corrected chi connectivity index (χ2v) is 4.93. The Hall–Kier alpha value is -0.220. The molecule has 2 saturated heterocycles. The molecule has 2 atom stereocenters. The van der Waals surface area contributed by atoms with Gasteiger partial charge in [-0.3, -0.25) is 4.90 Å². The molecule has 1 unspecified atom stereocenters. The number of nitrogens with one attached hydrogen (secondary N) is 1. The Kier molecular flexibility index (Phi) is 3.26. The highest BCUT2D eigenvalue weighted by molar-refractivity contribution is 4.86. The molecule has 88 valence electrons. The summed E-state index contributed by atoms with van der Waals surface area (Å²) in [6.45, 7) is 4.35. The minimum atomic E-state index is -2.41. The van der Waals surface area contributed by atoms with Crippen molar-refractivity contribution >= 4 is 0 Å². The SMILES string of the molecule is C[C@H]1CC(N2CCC(F)(F)CC2)CCN1. The fourth-order valence-corrected chi connectivity index (χ4v) is 2.65. The van der Waals surface area contributed by atoms with E-state index in [2.05, 4.69) is 17.1 Å². The van der Waals surface area contributed by atoms with Crippen LogP contribution in [0.3, 0.4) is 0 Å². The van der Waals surface area contributed by atoms with Crippen molar-refractivity contribution < 1.29 is 8.78 Å². The molecule has 1 N–H and O–H groups in total. The van der Waals surface area contributed by atoms with E-state index in [0.29, 0.717) is 25.2 Å². The highest BCUT2D eigenvalue weighted by Gasteiger charge is 2.36. The van der Waals surface area contributed by atoms with Gasteiger partial charge in [0.05, 0.1) is 0 Å². The van der Waals surface area contributed by atoms with Gasteiger partial charge in [0.1, 0.15) is 0 Å². The maximum Gasteiger partial charge on any atom is 0.250 e. The summed E-state index contributed by atoms with van der Waals surface area (Å²) in [7, 11) is 0. The van der Waals surface area contributed by atoms with Gasteiger partial charge in [-0.2, -0.15) is 0 Å². The summed E-state index contributed by atoms with van der Waals surface area (Å²) in [5.41, 5.74) is 0. The third-order valence-corrected chi connectivity index (χ3v) is 3.64. The summed E-state index contributed by atoms with van der Waals surface area (Å²) in [6, 6.07) is 1.06. The molecule has 0 saturated carbocycles. The van der Waals surface area contributed by atoms with Crippen molar-refractivity contribution in [2.75, 3.05) is 19.6 Å². The zero-order valence-corrected chi connectivity index (χ0v) is 9.31. The lowest BCUT2D eigenvalue weighted by Crippen LogP contribution is -2.50. The van der Waals surface area contributed by atoms with Crippen LogP contribution in [-0.4, -0.2) is 42.5 Å². The third kappa shape index (κ3) is 2.88. The first-order valence-electron chi connectivity index (χ1n) is 5.92. The molecule has 2 fully saturated rings. The standard InChI is InChI=1S/C11H20F2N2/c1-9-8-10(2-5-14-9)15-6-3-11(12,13)4-7-15/h9-10,14H,2-8H2,1H3/t9-,10?/m0/s1. The summed E-state index contributed by atoms with van der Waals surface area (Å²) in [4.78, 5) is 2.26. The second kappa shape index (κ2) is 4.34. The maximum atomic E-state index is 13.0. The molecule has 0 bridgehead atoms.